The minimum atomic E-state index is -0.0383. The Morgan fingerprint density at radius 2 is 1.76 bits per heavy atom. The lowest BCUT2D eigenvalue weighted by Crippen LogP contribution is -2.29. The van der Waals surface area contributed by atoms with Crippen LogP contribution in [0.15, 0.2) is 92.6 Å². The van der Waals surface area contributed by atoms with Crippen molar-refractivity contribution < 1.29 is 4.79 Å². The van der Waals surface area contributed by atoms with Gasteiger partial charge in [-0.2, -0.15) is 0 Å². The maximum absolute atomic E-state index is 13.8. The Labute approximate surface area is 207 Å². The molecule has 8 heteroatoms. The van der Waals surface area contributed by atoms with Crippen LogP contribution in [0.4, 0.5) is 22.7 Å². The first-order valence-corrected chi connectivity index (χ1v) is 12.7. The third-order valence-corrected chi connectivity index (χ3v) is 8.02. The molecule has 0 atom stereocenters. The molecule has 0 bridgehead atoms. The van der Waals surface area contributed by atoms with Crippen LogP contribution < -0.4 is 16.0 Å². The summed E-state index contributed by atoms with van der Waals surface area (Å²) in [5.41, 5.74) is 10.5. The number of fused-ring (bicyclic) bond motifs is 1. The smallest absolute Gasteiger partial charge is 0.269 e. The van der Waals surface area contributed by atoms with Crippen LogP contribution in [0.2, 0.25) is 0 Å². The van der Waals surface area contributed by atoms with Gasteiger partial charge in [0.2, 0.25) is 0 Å². The molecular weight excluding hydrogens is 462 g/mol. The summed E-state index contributed by atoms with van der Waals surface area (Å²) >= 11 is 3.05. The van der Waals surface area contributed by atoms with Crippen molar-refractivity contribution in [3.05, 3.63) is 88.3 Å². The van der Waals surface area contributed by atoms with Gasteiger partial charge in [0.25, 0.3) is 5.91 Å². The van der Waals surface area contributed by atoms with Crippen LogP contribution in [0, 0.1) is 0 Å². The van der Waals surface area contributed by atoms with Gasteiger partial charge in [0.1, 0.15) is 4.91 Å². The summed E-state index contributed by atoms with van der Waals surface area (Å²) in [6.07, 6.45) is 0. The third kappa shape index (κ3) is 4.26. The van der Waals surface area contributed by atoms with Crippen molar-refractivity contribution in [2.45, 2.75) is 18.4 Å². The number of nitrogens with zero attached hydrogens (tertiary/aromatic N) is 3. The maximum atomic E-state index is 13.8. The van der Waals surface area contributed by atoms with E-state index in [-0.39, 0.29) is 5.91 Å². The third-order valence-electron chi connectivity index (χ3n) is 5.58. The second kappa shape index (κ2) is 9.48. The van der Waals surface area contributed by atoms with E-state index in [1.165, 1.54) is 11.8 Å². The topological polar surface area (TPSA) is 74.0 Å². The van der Waals surface area contributed by atoms with Crippen molar-refractivity contribution in [2.75, 3.05) is 29.5 Å². The van der Waals surface area contributed by atoms with Crippen LogP contribution in [0.1, 0.15) is 12.5 Å². The summed E-state index contributed by atoms with van der Waals surface area (Å²) in [6, 6.07) is 23.8. The number of nitrogens with two attached hydrogens (primary N) is 1. The Balaban J connectivity index is 1.58. The molecule has 0 spiro atoms. The van der Waals surface area contributed by atoms with Crippen LogP contribution >= 0.6 is 23.5 Å². The van der Waals surface area contributed by atoms with Gasteiger partial charge < -0.3 is 16.0 Å². The van der Waals surface area contributed by atoms with Crippen molar-refractivity contribution in [1.82, 2.24) is 4.90 Å². The molecule has 172 valence electrons. The van der Waals surface area contributed by atoms with Gasteiger partial charge in [0.15, 0.2) is 5.17 Å². The quantitative estimate of drug-likeness (QED) is 0.346. The molecule has 34 heavy (non-hydrogen) atoms. The summed E-state index contributed by atoms with van der Waals surface area (Å²) in [7, 11) is 2.01. The van der Waals surface area contributed by atoms with Gasteiger partial charge in [-0.15, -0.1) is 0 Å². The van der Waals surface area contributed by atoms with Gasteiger partial charge in [0.05, 0.1) is 28.6 Å². The second-order valence-corrected chi connectivity index (χ2v) is 9.95. The van der Waals surface area contributed by atoms with Crippen molar-refractivity contribution in [1.29, 1.82) is 0 Å². The average Bonchev–Trinajstić information content (AvgIpc) is 3.33. The lowest BCUT2D eigenvalue weighted by Gasteiger charge is -2.17. The van der Waals surface area contributed by atoms with Gasteiger partial charge in [-0.05, 0) is 54.6 Å². The van der Waals surface area contributed by atoms with Crippen molar-refractivity contribution in [2.24, 2.45) is 4.99 Å². The number of nitrogen functional groups attached to an aromatic ring is 1. The molecular formula is C26H25N5OS2. The molecule has 3 N–H and O–H groups in total. The molecule has 3 aromatic carbocycles. The molecule has 0 aliphatic carbocycles. The standard InChI is InChI=1S/C26H25N5OS2/c1-3-28-19-14-13-18(27)15-20(19)29-26-31(16-17-9-5-4-6-10-17)24(32)23(34-26)25-30(2)21-11-7-8-12-22(21)33-25/h4-15,28H,3,16,27H2,1-2H3/b25-23-,29-26?. The maximum Gasteiger partial charge on any atom is 0.269 e. The van der Waals surface area contributed by atoms with E-state index in [9.17, 15) is 4.79 Å². The molecule has 0 unspecified atom stereocenters. The Bertz CT molecular complexity index is 1310. The number of para-hydroxylation sites is 1. The lowest BCUT2D eigenvalue weighted by atomic mass is 10.2. The summed E-state index contributed by atoms with van der Waals surface area (Å²) in [5.74, 6) is -0.0383. The van der Waals surface area contributed by atoms with Gasteiger partial charge in [-0.1, -0.05) is 54.2 Å². The van der Waals surface area contributed by atoms with Crippen molar-refractivity contribution in [3.63, 3.8) is 0 Å². The van der Waals surface area contributed by atoms with E-state index in [1.807, 2.05) is 74.6 Å². The number of carbonyl (C=O) groups excluding carboxylic acids is 1. The van der Waals surface area contributed by atoms with E-state index in [0.717, 1.165) is 39.1 Å². The molecule has 1 amide bonds. The SMILES string of the molecule is CCNc1ccc(N)cc1N=C1S/C(=C2\Sc3ccccc3N2C)C(=O)N1Cc1ccccc1. The number of amides is 1. The molecule has 0 saturated carbocycles. The summed E-state index contributed by atoms with van der Waals surface area (Å²) in [4.78, 5) is 24.4. The van der Waals surface area contributed by atoms with Crippen LogP contribution in [0.25, 0.3) is 0 Å². The minimum absolute atomic E-state index is 0.0383. The average molecular weight is 488 g/mol. The van der Waals surface area contributed by atoms with Crippen LogP contribution in [-0.4, -0.2) is 29.6 Å². The Kier molecular flexibility index (Phi) is 6.26. The number of hydrogen-bond donors (Lipinski definition) is 2. The summed E-state index contributed by atoms with van der Waals surface area (Å²) in [5, 5.41) is 4.91. The molecule has 2 aliphatic heterocycles. The van der Waals surface area contributed by atoms with Gasteiger partial charge >= 0.3 is 0 Å². The van der Waals surface area contributed by atoms with Gasteiger partial charge in [-0.3, -0.25) is 9.69 Å². The number of hydrogen-bond acceptors (Lipinski definition) is 7. The van der Waals surface area contributed by atoms with Gasteiger partial charge in [0, 0.05) is 24.2 Å². The number of rotatable bonds is 5. The molecule has 6 nitrogen and oxygen atoms in total. The number of nitrogens with one attached hydrogen (secondary N) is 1. The molecule has 5 rings (SSSR count). The fourth-order valence-electron chi connectivity index (χ4n) is 3.91. The normalized spacial score (nSPS) is 18.6. The monoisotopic (exact) mass is 487 g/mol. The highest BCUT2D eigenvalue weighted by Crippen LogP contribution is 2.50. The predicted molar refractivity (Wildman–Crippen MR) is 144 cm³/mol. The van der Waals surface area contributed by atoms with E-state index in [1.54, 1.807) is 16.7 Å². The minimum Gasteiger partial charge on any atom is -0.399 e. The Hall–Kier alpha value is -3.36. The van der Waals surface area contributed by atoms with Crippen LogP contribution in [-0.2, 0) is 11.3 Å². The first-order chi connectivity index (χ1) is 16.5. The molecule has 1 saturated heterocycles. The molecule has 0 radical (unpaired) electrons. The highest BCUT2D eigenvalue weighted by molar-refractivity contribution is 8.19. The zero-order chi connectivity index (χ0) is 23.7. The number of amidine groups is 1. The van der Waals surface area contributed by atoms with Crippen LogP contribution in [0.3, 0.4) is 0 Å². The fourth-order valence-corrected chi connectivity index (χ4v) is 6.24. The molecule has 2 aliphatic rings. The van der Waals surface area contributed by atoms with Crippen LogP contribution in [0.5, 0.6) is 0 Å². The van der Waals surface area contributed by atoms with E-state index in [0.29, 0.717) is 22.3 Å². The van der Waals surface area contributed by atoms with Crippen molar-refractivity contribution in [3.8, 4) is 0 Å². The largest absolute Gasteiger partial charge is 0.399 e. The first kappa shape index (κ1) is 22.4. The fraction of sp³-hybridized carbons (Fsp3) is 0.154. The number of carbonyl (C=O) groups is 1. The van der Waals surface area contributed by atoms with E-state index >= 15 is 0 Å². The number of thioether (sulfide) groups is 2. The van der Waals surface area contributed by atoms with E-state index in [4.69, 9.17) is 10.7 Å². The summed E-state index contributed by atoms with van der Waals surface area (Å²) < 4.78 is 0. The number of aliphatic imine (C=N–C) groups is 1. The zero-order valence-corrected chi connectivity index (χ0v) is 20.6. The zero-order valence-electron chi connectivity index (χ0n) is 19.0. The molecule has 3 aromatic rings. The number of benzene rings is 3. The highest BCUT2D eigenvalue weighted by atomic mass is 32.2. The second-order valence-electron chi connectivity index (χ2n) is 7.94. The molecule has 0 aromatic heterocycles. The Morgan fingerprint density at radius 3 is 2.53 bits per heavy atom. The first-order valence-electron chi connectivity index (χ1n) is 11.1. The van der Waals surface area contributed by atoms with Crippen molar-refractivity contribution >= 4 is 57.3 Å². The predicted octanol–water partition coefficient (Wildman–Crippen LogP) is 5.87. The highest BCUT2D eigenvalue weighted by Gasteiger charge is 2.39. The van der Waals surface area contributed by atoms with E-state index < -0.39 is 0 Å². The number of anilines is 3. The van der Waals surface area contributed by atoms with E-state index in [2.05, 4.69) is 22.3 Å². The lowest BCUT2D eigenvalue weighted by molar-refractivity contribution is -0.122. The molecule has 1 fully saturated rings. The summed E-state index contributed by atoms with van der Waals surface area (Å²) in [6.45, 7) is 3.25. The Morgan fingerprint density at radius 1 is 1.00 bits per heavy atom. The molecule has 2 heterocycles. The van der Waals surface area contributed by atoms with Gasteiger partial charge in [-0.25, -0.2) is 4.99 Å².